The van der Waals surface area contributed by atoms with Crippen molar-refractivity contribution in [1.29, 1.82) is 0 Å². The molecule has 35 heavy (non-hydrogen) atoms. The van der Waals surface area contributed by atoms with Gasteiger partial charge >= 0.3 is 5.97 Å². The molecule has 5 nitrogen and oxygen atoms in total. The zero-order valence-corrected chi connectivity index (χ0v) is 21.2. The fourth-order valence-electron chi connectivity index (χ4n) is 6.05. The van der Waals surface area contributed by atoms with Crippen LogP contribution in [0.15, 0.2) is 77.3 Å². The van der Waals surface area contributed by atoms with Gasteiger partial charge in [-0.2, -0.15) is 0 Å². The summed E-state index contributed by atoms with van der Waals surface area (Å²) in [4.78, 5) is 30.8. The molecule has 3 heterocycles. The Morgan fingerprint density at radius 2 is 1.74 bits per heavy atom. The first-order valence-electron chi connectivity index (χ1n) is 12.2. The predicted octanol–water partition coefficient (Wildman–Crippen LogP) is 5.63. The van der Waals surface area contributed by atoms with Crippen LogP contribution in [0.3, 0.4) is 0 Å². The second kappa shape index (κ2) is 8.52. The summed E-state index contributed by atoms with van der Waals surface area (Å²) in [6.07, 6.45) is 1.24. The lowest BCUT2D eigenvalue weighted by Gasteiger charge is -2.40. The fraction of sp³-hybridized carbons (Fsp3) is 0.310. The average Bonchev–Trinajstić information content (AvgIpc) is 3.30. The number of esters is 1. The molecule has 1 amide bonds. The normalized spacial score (nSPS) is 22.2. The van der Waals surface area contributed by atoms with Crippen molar-refractivity contribution in [3.8, 4) is 0 Å². The number of carbonyl (C=O) groups excluding carboxylic acids is 2. The van der Waals surface area contributed by atoms with Gasteiger partial charge in [-0.25, -0.2) is 4.79 Å². The molecule has 0 aromatic heterocycles. The summed E-state index contributed by atoms with van der Waals surface area (Å²) in [5.74, 6) is -0.315. The van der Waals surface area contributed by atoms with E-state index < -0.39 is 5.60 Å². The van der Waals surface area contributed by atoms with Crippen LogP contribution in [-0.2, 0) is 21.7 Å². The summed E-state index contributed by atoms with van der Waals surface area (Å²) < 4.78 is 6.79. The Hall–Kier alpha value is -3.12. The Kier molecular flexibility index (Phi) is 5.44. The number of carbonyl (C=O) groups is 2. The zero-order valence-electron chi connectivity index (χ0n) is 19.6. The van der Waals surface area contributed by atoms with Gasteiger partial charge in [-0.3, -0.25) is 4.79 Å². The maximum Gasteiger partial charge on any atom is 0.339 e. The molecule has 0 bridgehead atoms. The van der Waals surface area contributed by atoms with Gasteiger partial charge in [-0.15, -0.1) is 0 Å². The summed E-state index contributed by atoms with van der Waals surface area (Å²) in [5.41, 5.74) is 4.43. The number of halogens is 1. The lowest BCUT2D eigenvalue weighted by Crippen LogP contribution is -2.48. The number of piperidine rings is 1. The van der Waals surface area contributed by atoms with Gasteiger partial charge in [0.25, 0.3) is 0 Å². The van der Waals surface area contributed by atoms with Crippen LogP contribution in [0, 0.1) is 0 Å². The fourth-order valence-corrected chi connectivity index (χ4v) is 6.41. The molecule has 3 aliphatic heterocycles. The molecule has 0 N–H and O–H groups in total. The maximum absolute atomic E-state index is 13.9. The number of benzene rings is 3. The van der Waals surface area contributed by atoms with Crippen molar-refractivity contribution in [2.24, 2.45) is 0 Å². The molecule has 1 fully saturated rings. The Morgan fingerprint density at radius 1 is 1.03 bits per heavy atom. The number of likely N-dealkylation sites (tertiary alicyclic amines) is 1. The van der Waals surface area contributed by atoms with Gasteiger partial charge in [0.15, 0.2) is 0 Å². The largest absolute Gasteiger partial charge is 0.450 e. The van der Waals surface area contributed by atoms with Gasteiger partial charge in [0, 0.05) is 54.2 Å². The van der Waals surface area contributed by atoms with E-state index in [9.17, 15) is 9.59 Å². The highest BCUT2D eigenvalue weighted by Crippen LogP contribution is 2.47. The van der Waals surface area contributed by atoms with E-state index in [4.69, 9.17) is 4.74 Å². The van der Waals surface area contributed by atoms with E-state index >= 15 is 0 Å². The van der Waals surface area contributed by atoms with Crippen LogP contribution >= 0.6 is 15.9 Å². The molecule has 178 valence electrons. The molecular weight excluding hydrogens is 504 g/mol. The molecule has 6 rings (SSSR count). The van der Waals surface area contributed by atoms with Crippen molar-refractivity contribution >= 4 is 33.5 Å². The molecule has 3 aliphatic rings. The second-order valence-corrected chi connectivity index (χ2v) is 10.7. The topological polar surface area (TPSA) is 49.9 Å². The molecule has 3 aromatic carbocycles. The van der Waals surface area contributed by atoms with Crippen LogP contribution in [0.1, 0.15) is 52.7 Å². The van der Waals surface area contributed by atoms with Crippen LogP contribution in [0.4, 0.5) is 5.69 Å². The standard InChI is InChI=1S/C29H27BrN2O3/c1-19-26(22-9-5-6-10-25(22)32(19)18-20-7-3-2-4-8-20)27(33)31-15-13-29(14-16-31)24-12-11-21(30)17-23(24)28(34)35-29/h2-12,17,19,26H,13-16,18H2,1H3. The number of rotatable bonds is 3. The quantitative estimate of drug-likeness (QED) is 0.411. The van der Waals surface area contributed by atoms with Crippen molar-refractivity contribution in [2.45, 2.75) is 43.9 Å². The lowest BCUT2D eigenvalue weighted by molar-refractivity contribution is -0.137. The zero-order chi connectivity index (χ0) is 24.2. The van der Waals surface area contributed by atoms with Crippen molar-refractivity contribution in [1.82, 2.24) is 4.90 Å². The van der Waals surface area contributed by atoms with E-state index in [1.165, 1.54) is 5.56 Å². The minimum absolute atomic E-state index is 0.0541. The van der Waals surface area contributed by atoms with Gasteiger partial charge in [0.1, 0.15) is 5.60 Å². The van der Waals surface area contributed by atoms with Crippen LogP contribution in [0.25, 0.3) is 0 Å². The number of hydrogen-bond donors (Lipinski definition) is 0. The van der Waals surface area contributed by atoms with Crippen LogP contribution < -0.4 is 4.90 Å². The SMILES string of the molecule is CC1C(C(=O)N2CCC3(CC2)OC(=O)c2cc(Br)ccc23)c2ccccc2N1Cc1ccccc1. The van der Waals surface area contributed by atoms with Crippen molar-refractivity contribution < 1.29 is 14.3 Å². The van der Waals surface area contributed by atoms with Gasteiger partial charge in [0.2, 0.25) is 5.91 Å². The highest BCUT2D eigenvalue weighted by atomic mass is 79.9. The average molecular weight is 531 g/mol. The van der Waals surface area contributed by atoms with Crippen molar-refractivity contribution in [3.63, 3.8) is 0 Å². The molecule has 6 heteroatoms. The third-order valence-corrected chi connectivity index (χ3v) is 8.37. The van der Waals surface area contributed by atoms with Gasteiger partial charge in [0.05, 0.1) is 11.5 Å². The molecule has 0 aliphatic carbocycles. The number of ether oxygens (including phenoxy) is 1. The number of anilines is 1. The third-order valence-electron chi connectivity index (χ3n) is 7.88. The first-order valence-corrected chi connectivity index (χ1v) is 13.0. The summed E-state index contributed by atoms with van der Waals surface area (Å²) in [5, 5.41) is 0. The first kappa shape index (κ1) is 22.4. The smallest absolute Gasteiger partial charge is 0.339 e. The third kappa shape index (κ3) is 3.66. The summed E-state index contributed by atoms with van der Waals surface area (Å²) in [7, 11) is 0. The predicted molar refractivity (Wildman–Crippen MR) is 138 cm³/mol. The highest BCUT2D eigenvalue weighted by molar-refractivity contribution is 9.10. The molecule has 2 unspecified atom stereocenters. The molecule has 3 aromatic rings. The van der Waals surface area contributed by atoms with Gasteiger partial charge in [-0.1, -0.05) is 70.5 Å². The van der Waals surface area contributed by atoms with E-state index in [2.05, 4.69) is 64.2 Å². The number of para-hydroxylation sites is 1. The molecule has 1 saturated heterocycles. The Labute approximate surface area is 213 Å². The molecule has 1 spiro atoms. The number of hydrogen-bond acceptors (Lipinski definition) is 4. The van der Waals surface area contributed by atoms with Crippen LogP contribution in [0.2, 0.25) is 0 Å². The summed E-state index contributed by atoms with van der Waals surface area (Å²) >= 11 is 3.45. The van der Waals surface area contributed by atoms with Gasteiger partial charge in [-0.05, 0) is 36.2 Å². The number of nitrogens with zero attached hydrogens (tertiary/aromatic N) is 2. The maximum atomic E-state index is 13.9. The van der Waals surface area contributed by atoms with Crippen LogP contribution in [-0.4, -0.2) is 35.9 Å². The molecule has 0 saturated carbocycles. The molecule has 2 atom stereocenters. The highest BCUT2D eigenvalue weighted by Gasteiger charge is 2.49. The Bertz CT molecular complexity index is 1300. The minimum atomic E-state index is -0.623. The van der Waals surface area contributed by atoms with E-state index in [1.54, 1.807) is 0 Å². The second-order valence-electron chi connectivity index (χ2n) is 9.79. The first-order chi connectivity index (χ1) is 17.0. The Balaban J connectivity index is 1.23. The summed E-state index contributed by atoms with van der Waals surface area (Å²) in [6, 6.07) is 24.5. The lowest BCUT2D eigenvalue weighted by atomic mass is 9.83. The van der Waals surface area contributed by atoms with Crippen molar-refractivity contribution in [3.05, 3.63) is 99.5 Å². The molecule has 0 radical (unpaired) electrons. The Morgan fingerprint density at radius 3 is 2.51 bits per heavy atom. The van der Waals surface area contributed by atoms with Crippen LogP contribution in [0.5, 0.6) is 0 Å². The molecular formula is C29H27BrN2O3. The van der Waals surface area contributed by atoms with Crippen molar-refractivity contribution in [2.75, 3.05) is 18.0 Å². The van der Waals surface area contributed by atoms with E-state index in [1.807, 2.05) is 41.3 Å². The monoisotopic (exact) mass is 530 g/mol. The van der Waals surface area contributed by atoms with Gasteiger partial charge < -0.3 is 14.5 Å². The van der Waals surface area contributed by atoms with E-state index in [-0.39, 0.29) is 23.8 Å². The minimum Gasteiger partial charge on any atom is -0.450 e. The number of fused-ring (bicyclic) bond motifs is 3. The number of amides is 1. The summed E-state index contributed by atoms with van der Waals surface area (Å²) in [6.45, 7) is 4.08. The van der Waals surface area contributed by atoms with E-state index in [0.29, 0.717) is 31.5 Å². The van der Waals surface area contributed by atoms with E-state index in [0.717, 1.165) is 27.8 Å².